The van der Waals surface area contributed by atoms with Crippen LogP contribution in [0.2, 0.25) is 0 Å². The van der Waals surface area contributed by atoms with E-state index in [0.29, 0.717) is 13.2 Å². The van der Waals surface area contributed by atoms with E-state index >= 15 is 0 Å². The molecule has 1 aliphatic heterocycles. The predicted molar refractivity (Wildman–Crippen MR) is 71.5 cm³/mol. The van der Waals surface area contributed by atoms with Gasteiger partial charge in [0.05, 0.1) is 6.61 Å². The van der Waals surface area contributed by atoms with Crippen molar-refractivity contribution in [3.05, 3.63) is 24.3 Å². The van der Waals surface area contributed by atoms with E-state index in [-0.39, 0.29) is 16.6 Å². The third kappa shape index (κ3) is 3.26. The van der Waals surface area contributed by atoms with Gasteiger partial charge >= 0.3 is 0 Å². The quantitative estimate of drug-likeness (QED) is 0.909. The van der Waals surface area contributed by atoms with Gasteiger partial charge in [-0.3, -0.25) is 0 Å². The van der Waals surface area contributed by atoms with Crippen molar-refractivity contribution in [2.75, 3.05) is 26.8 Å². The van der Waals surface area contributed by atoms with Crippen LogP contribution < -0.4 is 0 Å². The van der Waals surface area contributed by atoms with E-state index in [9.17, 15) is 13.5 Å². The summed E-state index contributed by atoms with van der Waals surface area (Å²) in [5.74, 6) is 0.00799. The maximum absolute atomic E-state index is 12.4. The van der Waals surface area contributed by atoms with Gasteiger partial charge in [0.15, 0.2) is 0 Å². The molecule has 0 bridgehead atoms. The molecule has 0 aliphatic carbocycles. The van der Waals surface area contributed by atoms with Crippen molar-refractivity contribution >= 4 is 10.0 Å². The summed E-state index contributed by atoms with van der Waals surface area (Å²) < 4.78 is 31.4. The third-order valence-corrected chi connectivity index (χ3v) is 5.19. The van der Waals surface area contributed by atoms with Gasteiger partial charge in [-0.05, 0) is 30.9 Å². The zero-order valence-electron chi connectivity index (χ0n) is 10.9. The van der Waals surface area contributed by atoms with Crippen LogP contribution in [0.25, 0.3) is 0 Å². The summed E-state index contributed by atoms with van der Waals surface area (Å²) in [5, 5.41) is 9.67. The molecule has 0 radical (unpaired) electrons. The summed E-state index contributed by atoms with van der Waals surface area (Å²) in [6, 6.07) is 6.00. The Bertz CT molecular complexity index is 523. The molecule has 1 N–H and O–H groups in total. The fourth-order valence-electron chi connectivity index (χ4n) is 2.26. The smallest absolute Gasteiger partial charge is 0.246 e. The van der Waals surface area contributed by atoms with Gasteiger partial charge in [-0.15, -0.1) is 0 Å². The van der Waals surface area contributed by atoms with Crippen molar-refractivity contribution in [2.24, 2.45) is 5.92 Å². The largest absolute Gasteiger partial charge is 0.507 e. The van der Waals surface area contributed by atoms with Crippen molar-refractivity contribution in [1.82, 2.24) is 4.31 Å². The average Bonchev–Trinajstić information content (AvgIpc) is 2.40. The maximum atomic E-state index is 12.4. The lowest BCUT2D eigenvalue weighted by Gasteiger charge is -2.26. The fraction of sp³-hybridized carbons (Fsp3) is 0.538. The monoisotopic (exact) mass is 285 g/mol. The Morgan fingerprint density at radius 3 is 2.79 bits per heavy atom. The molecule has 19 heavy (non-hydrogen) atoms. The van der Waals surface area contributed by atoms with Crippen LogP contribution >= 0.6 is 0 Å². The molecule has 1 heterocycles. The zero-order chi connectivity index (χ0) is 13.9. The number of nitrogens with zero attached hydrogens (tertiary/aromatic N) is 1. The van der Waals surface area contributed by atoms with Crippen molar-refractivity contribution in [1.29, 1.82) is 0 Å². The van der Waals surface area contributed by atoms with Gasteiger partial charge in [0.25, 0.3) is 0 Å². The Balaban J connectivity index is 2.13. The molecule has 2 rings (SSSR count). The lowest BCUT2D eigenvalue weighted by molar-refractivity contribution is 0.0495. The maximum Gasteiger partial charge on any atom is 0.246 e. The Morgan fingerprint density at radius 2 is 2.16 bits per heavy atom. The highest BCUT2D eigenvalue weighted by molar-refractivity contribution is 7.89. The van der Waals surface area contributed by atoms with E-state index in [0.717, 1.165) is 19.4 Å². The summed E-state index contributed by atoms with van der Waals surface area (Å²) >= 11 is 0. The summed E-state index contributed by atoms with van der Waals surface area (Å²) in [6.07, 6.45) is 1.94. The number of phenols is 1. The van der Waals surface area contributed by atoms with E-state index in [1.54, 1.807) is 12.1 Å². The van der Waals surface area contributed by atoms with E-state index in [2.05, 4.69) is 0 Å². The van der Waals surface area contributed by atoms with E-state index < -0.39 is 10.0 Å². The van der Waals surface area contributed by atoms with Crippen LogP contribution in [0.5, 0.6) is 5.75 Å². The molecular formula is C13H19NO4S. The highest BCUT2D eigenvalue weighted by Crippen LogP contribution is 2.25. The van der Waals surface area contributed by atoms with Gasteiger partial charge < -0.3 is 9.84 Å². The van der Waals surface area contributed by atoms with Crippen LogP contribution in [0.15, 0.2) is 29.2 Å². The molecule has 5 nitrogen and oxygen atoms in total. The number of aromatic hydroxyl groups is 1. The molecule has 0 amide bonds. The average molecular weight is 285 g/mol. The summed E-state index contributed by atoms with van der Waals surface area (Å²) in [5.41, 5.74) is 0. The third-order valence-electron chi connectivity index (χ3n) is 3.32. The molecule has 6 heteroatoms. The SMILES string of the molecule is CN(CC1CCCOC1)S(=O)(=O)c1ccccc1O. The van der Waals surface area contributed by atoms with Crippen molar-refractivity contribution < 1.29 is 18.3 Å². The van der Waals surface area contributed by atoms with Gasteiger partial charge in [-0.25, -0.2) is 12.7 Å². The molecule has 1 aromatic carbocycles. The Labute approximate surface area is 113 Å². The molecule has 106 valence electrons. The Kier molecular flexibility index (Phi) is 4.44. The molecule has 1 aromatic rings. The van der Waals surface area contributed by atoms with Crippen molar-refractivity contribution in [3.63, 3.8) is 0 Å². The number of phenolic OH excluding ortho intramolecular Hbond substituents is 1. The van der Waals surface area contributed by atoms with Crippen LogP contribution in [0.3, 0.4) is 0 Å². The van der Waals surface area contributed by atoms with Crippen LogP contribution in [0, 0.1) is 5.92 Å². The number of hydrogen-bond acceptors (Lipinski definition) is 4. The summed E-state index contributed by atoms with van der Waals surface area (Å²) in [7, 11) is -2.10. The minimum Gasteiger partial charge on any atom is -0.507 e. The highest BCUT2D eigenvalue weighted by atomic mass is 32.2. The van der Waals surface area contributed by atoms with Crippen LogP contribution in [0.4, 0.5) is 0 Å². The first-order valence-electron chi connectivity index (χ1n) is 6.34. The van der Waals surface area contributed by atoms with Crippen LogP contribution in [0.1, 0.15) is 12.8 Å². The molecule has 1 atom stereocenters. The lowest BCUT2D eigenvalue weighted by Crippen LogP contribution is -2.35. The van der Waals surface area contributed by atoms with Gasteiger partial charge in [0.1, 0.15) is 10.6 Å². The number of rotatable bonds is 4. The normalized spacial score (nSPS) is 20.6. The molecule has 0 saturated carbocycles. The number of hydrogen-bond donors (Lipinski definition) is 1. The summed E-state index contributed by atoms with van der Waals surface area (Å²) in [4.78, 5) is -0.0470. The molecule has 0 spiro atoms. The molecule has 1 saturated heterocycles. The molecule has 1 fully saturated rings. The Morgan fingerprint density at radius 1 is 1.42 bits per heavy atom. The topological polar surface area (TPSA) is 66.8 Å². The molecule has 1 unspecified atom stereocenters. The predicted octanol–water partition coefficient (Wildman–Crippen LogP) is 1.44. The first-order chi connectivity index (χ1) is 9.01. The van der Waals surface area contributed by atoms with Crippen molar-refractivity contribution in [3.8, 4) is 5.75 Å². The first kappa shape index (κ1) is 14.3. The second-order valence-corrected chi connectivity index (χ2v) is 6.85. The fourth-order valence-corrected chi connectivity index (χ4v) is 3.58. The van der Waals surface area contributed by atoms with E-state index in [4.69, 9.17) is 4.74 Å². The van der Waals surface area contributed by atoms with Gasteiger partial charge in [-0.2, -0.15) is 0 Å². The highest BCUT2D eigenvalue weighted by Gasteiger charge is 2.26. The second-order valence-electron chi connectivity index (χ2n) is 4.84. The molecule has 0 aromatic heterocycles. The second kappa shape index (κ2) is 5.90. The molecule has 1 aliphatic rings. The lowest BCUT2D eigenvalue weighted by atomic mass is 10.0. The van der Waals surface area contributed by atoms with E-state index in [1.807, 2.05) is 0 Å². The zero-order valence-corrected chi connectivity index (χ0v) is 11.8. The number of para-hydroxylation sites is 1. The van der Waals surface area contributed by atoms with Crippen molar-refractivity contribution in [2.45, 2.75) is 17.7 Å². The number of benzene rings is 1. The van der Waals surface area contributed by atoms with E-state index in [1.165, 1.54) is 23.5 Å². The van der Waals surface area contributed by atoms with Gasteiger partial charge in [0, 0.05) is 20.2 Å². The van der Waals surface area contributed by atoms with Gasteiger partial charge in [-0.1, -0.05) is 12.1 Å². The molecular weight excluding hydrogens is 266 g/mol. The minimum absolute atomic E-state index is 0.0470. The Hall–Kier alpha value is -1.11. The minimum atomic E-state index is -3.64. The van der Waals surface area contributed by atoms with Crippen LogP contribution in [-0.4, -0.2) is 44.6 Å². The number of ether oxygens (including phenoxy) is 1. The summed E-state index contributed by atoms with van der Waals surface area (Å²) in [6.45, 7) is 1.77. The number of sulfonamides is 1. The van der Waals surface area contributed by atoms with Gasteiger partial charge in [0.2, 0.25) is 10.0 Å². The standard InChI is InChI=1S/C13H19NO4S/c1-14(9-11-5-4-8-18-10-11)19(16,17)13-7-3-2-6-12(13)15/h2-3,6-7,11,15H,4-5,8-10H2,1H3. The first-order valence-corrected chi connectivity index (χ1v) is 7.78. The van der Waals surface area contributed by atoms with Crippen LogP contribution in [-0.2, 0) is 14.8 Å².